The lowest BCUT2D eigenvalue weighted by atomic mass is 10.1. The SMILES string of the molecule is COc1cc(CC(=O)N2CC(F)(F)CC2C(=O)N2CC[NH+](CC(=O)[O-])CC2)ccc1NC(=O)Nc1ccccc1C. The molecule has 11 nitrogen and oxygen atoms in total. The third-order valence-electron chi connectivity index (χ3n) is 7.31. The number of nitrogens with one attached hydrogen (secondary N) is 3. The molecule has 0 saturated carbocycles. The summed E-state index contributed by atoms with van der Waals surface area (Å²) in [7, 11) is 1.40. The lowest BCUT2D eigenvalue weighted by Crippen LogP contribution is -3.16. The smallest absolute Gasteiger partial charge is 0.323 e. The summed E-state index contributed by atoms with van der Waals surface area (Å²) in [6.45, 7) is 1.90. The van der Waals surface area contributed by atoms with Crippen molar-refractivity contribution in [3.05, 3.63) is 53.6 Å². The number of nitrogens with zero attached hydrogens (tertiary/aromatic N) is 2. The van der Waals surface area contributed by atoms with E-state index < -0.39 is 48.7 Å². The van der Waals surface area contributed by atoms with Crippen LogP contribution >= 0.6 is 0 Å². The van der Waals surface area contributed by atoms with Crippen molar-refractivity contribution in [2.24, 2.45) is 0 Å². The van der Waals surface area contributed by atoms with Crippen molar-refractivity contribution in [1.82, 2.24) is 9.80 Å². The number of quaternary nitrogens is 1. The summed E-state index contributed by atoms with van der Waals surface area (Å²) in [4.78, 5) is 52.8. The first-order valence-electron chi connectivity index (χ1n) is 13.3. The van der Waals surface area contributed by atoms with Crippen molar-refractivity contribution in [2.45, 2.75) is 31.7 Å². The number of amides is 4. The molecule has 1 unspecified atom stereocenters. The van der Waals surface area contributed by atoms with E-state index in [9.17, 15) is 33.1 Å². The fraction of sp³-hybridized carbons (Fsp3) is 0.429. The molecule has 0 spiro atoms. The number of carboxylic acids is 1. The number of anilines is 2. The van der Waals surface area contributed by atoms with Crippen LogP contribution in [-0.4, -0.2) is 92.0 Å². The molecule has 2 saturated heterocycles. The van der Waals surface area contributed by atoms with Crippen LogP contribution in [0.5, 0.6) is 5.75 Å². The van der Waals surface area contributed by atoms with Crippen LogP contribution in [0, 0.1) is 6.92 Å². The molecule has 41 heavy (non-hydrogen) atoms. The molecule has 1 atom stereocenters. The second-order valence-electron chi connectivity index (χ2n) is 10.3. The summed E-state index contributed by atoms with van der Waals surface area (Å²) in [5.41, 5.74) is 2.32. The Morgan fingerprint density at radius 1 is 1.07 bits per heavy atom. The van der Waals surface area contributed by atoms with E-state index in [4.69, 9.17) is 4.74 Å². The summed E-state index contributed by atoms with van der Waals surface area (Å²) in [5, 5.41) is 16.3. The molecule has 0 aromatic heterocycles. The number of urea groups is 1. The van der Waals surface area contributed by atoms with Gasteiger partial charge >= 0.3 is 6.03 Å². The summed E-state index contributed by atoms with van der Waals surface area (Å²) in [5.74, 6) is -5.35. The van der Waals surface area contributed by atoms with Crippen LogP contribution in [-0.2, 0) is 20.8 Å². The Bertz CT molecular complexity index is 1310. The van der Waals surface area contributed by atoms with Crippen LogP contribution in [0.1, 0.15) is 17.5 Å². The van der Waals surface area contributed by atoms with Gasteiger partial charge in [0.25, 0.3) is 5.92 Å². The molecule has 0 bridgehead atoms. The highest BCUT2D eigenvalue weighted by atomic mass is 19.3. The van der Waals surface area contributed by atoms with Gasteiger partial charge in [-0.3, -0.25) is 9.59 Å². The van der Waals surface area contributed by atoms with Gasteiger partial charge in [0.05, 0.1) is 57.9 Å². The average Bonchev–Trinajstić information content (AvgIpc) is 3.26. The number of methoxy groups -OCH3 is 1. The number of piperazine rings is 1. The molecule has 2 fully saturated rings. The molecule has 2 aromatic carbocycles. The molecule has 0 aliphatic carbocycles. The van der Waals surface area contributed by atoms with E-state index in [0.717, 1.165) is 15.4 Å². The molecule has 2 aliphatic heterocycles. The van der Waals surface area contributed by atoms with Crippen molar-refractivity contribution in [1.29, 1.82) is 0 Å². The highest BCUT2D eigenvalue weighted by Gasteiger charge is 2.51. The van der Waals surface area contributed by atoms with Crippen LogP contribution in [0.3, 0.4) is 0 Å². The van der Waals surface area contributed by atoms with E-state index in [1.165, 1.54) is 18.1 Å². The number of likely N-dealkylation sites (tertiary alicyclic amines) is 1. The lowest BCUT2D eigenvalue weighted by Gasteiger charge is -2.35. The summed E-state index contributed by atoms with van der Waals surface area (Å²) in [6.07, 6.45) is -1.03. The van der Waals surface area contributed by atoms with Crippen LogP contribution in [0.4, 0.5) is 25.0 Å². The summed E-state index contributed by atoms with van der Waals surface area (Å²) < 4.78 is 34.3. The fourth-order valence-electron chi connectivity index (χ4n) is 5.15. The number of carboxylic acid groups (broad SMARTS) is 1. The van der Waals surface area contributed by atoms with Crippen LogP contribution < -0.4 is 25.4 Å². The first kappa shape index (κ1) is 29.7. The second-order valence-corrected chi connectivity index (χ2v) is 10.3. The first-order chi connectivity index (χ1) is 19.5. The molecule has 4 rings (SSSR count). The predicted octanol–water partition coefficient (Wildman–Crippen LogP) is -0.0967. The van der Waals surface area contributed by atoms with E-state index >= 15 is 0 Å². The Balaban J connectivity index is 1.40. The number of carbonyl (C=O) groups excluding carboxylic acids is 4. The summed E-state index contributed by atoms with van der Waals surface area (Å²) in [6, 6.07) is 10.1. The maximum atomic E-state index is 14.4. The topological polar surface area (TPSA) is 136 Å². The zero-order valence-corrected chi connectivity index (χ0v) is 22.9. The third kappa shape index (κ3) is 7.48. The Morgan fingerprint density at radius 3 is 2.41 bits per heavy atom. The van der Waals surface area contributed by atoms with E-state index in [1.54, 1.807) is 24.3 Å². The highest BCUT2D eigenvalue weighted by molar-refractivity contribution is 6.01. The van der Waals surface area contributed by atoms with Gasteiger partial charge < -0.3 is 40.0 Å². The highest BCUT2D eigenvalue weighted by Crippen LogP contribution is 2.34. The fourth-order valence-corrected chi connectivity index (χ4v) is 5.15. The van der Waals surface area contributed by atoms with E-state index in [2.05, 4.69) is 10.6 Å². The zero-order valence-electron chi connectivity index (χ0n) is 22.9. The Hall–Kier alpha value is -4.26. The maximum Gasteiger partial charge on any atom is 0.323 e. The monoisotopic (exact) mass is 573 g/mol. The Labute approximate surface area is 236 Å². The van der Waals surface area contributed by atoms with Gasteiger partial charge in [-0.25, -0.2) is 13.6 Å². The minimum Gasteiger partial charge on any atom is -0.544 e. The maximum absolute atomic E-state index is 14.4. The van der Waals surface area contributed by atoms with Gasteiger partial charge in [-0.2, -0.15) is 0 Å². The number of para-hydroxylation sites is 1. The van der Waals surface area contributed by atoms with Gasteiger partial charge in [-0.1, -0.05) is 24.3 Å². The normalized spacial score (nSPS) is 18.6. The summed E-state index contributed by atoms with van der Waals surface area (Å²) >= 11 is 0. The van der Waals surface area contributed by atoms with E-state index in [0.29, 0.717) is 30.0 Å². The molecule has 220 valence electrons. The first-order valence-corrected chi connectivity index (χ1v) is 13.3. The van der Waals surface area contributed by atoms with Crippen molar-refractivity contribution >= 4 is 35.2 Å². The standard InChI is InChI=1S/C28H33F2N5O6/c1-18-5-3-4-6-20(18)31-27(40)32-21-8-7-19(13-23(21)41-2)14-24(36)35-17-28(29,30)15-22(35)26(39)34-11-9-33(10-12-34)16-25(37)38/h3-8,13,22H,9-12,14-17H2,1-2H3,(H,37,38)(H2,31,32,40). The van der Waals surface area contributed by atoms with E-state index in [-0.39, 0.29) is 31.8 Å². The number of alkyl halides is 2. The van der Waals surface area contributed by atoms with Crippen LogP contribution in [0.25, 0.3) is 0 Å². The minimum absolute atomic E-state index is 0.191. The second kappa shape index (κ2) is 12.5. The number of aliphatic carboxylic acids is 1. The van der Waals surface area contributed by atoms with Gasteiger partial charge in [-0.05, 0) is 36.2 Å². The quantitative estimate of drug-likeness (QED) is 0.404. The van der Waals surface area contributed by atoms with Crippen molar-refractivity contribution in [2.75, 3.05) is 57.0 Å². The number of hydrogen-bond acceptors (Lipinski definition) is 6. The molecular formula is C28H33F2N5O6. The number of halogens is 2. The van der Waals surface area contributed by atoms with E-state index in [1.807, 2.05) is 19.1 Å². The number of carbonyl (C=O) groups is 4. The molecule has 2 heterocycles. The molecule has 2 aromatic rings. The van der Waals surface area contributed by atoms with Gasteiger partial charge in [0.2, 0.25) is 11.8 Å². The third-order valence-corrected chi connectivity index (χ3v) is 7.31. The van der Waals surface area contributed by atoms with Crippen molar-refractivity contribution < 1.29 is 42.7 Å². The molecule has 3 N–H and O–H groups in total. The number of ether oxygens (including phenoxy) is 1. The van der Waals surface area contributed by atoms with Crippen molar-refractivity contribution in [3.8, 4) is 5.75 Å². The van der Waals surface area contributed by atoms with Gasteiger partial charge in [-0.15, -0.1) is 0 Å². The molecular weight excluding hydrogens is 540 g/mol. The number of benzene rings is 2. The van der Waals surface area contributed by atoms with Crippen LogP contribution in [0.15, 0.2) is 42.5 Å². The van der Waals surface area contributed by atoms with Gasteiger partial charge in [0.1, 0.15) is 18.3 Å². The van der Waals surface area contributed by atoms with Crippen molar-refractivity contribution in [3.63, 3.8) is 0 Å². The zero-order chi connectivity index (χ0) is 29.7. The van der Waals surface area contributed by atoms with Gasteiger partial charge in [0.15, 0.2) is 0 Å². The molecule has 0 radical (unpaired) electrons. The minimum atomic E-state index is -3.21. The van der Waals surface area contributed by atoms with Gasteiger partial charge in [0, 0.05) is 12.1 Å². The lowest BCUT2D eigenvalue weighted by molar-refractivity contribution is -0.898. The molecule has 2 aliphatic rings. The molecule has 4 amide bonds. The number of hydrogen-bond donors (Lipinski definition) is 3. The largest absolute Gasteiger partial charge is 0.544 e. The Morgan fingerprint density at radius 2 is 1.76 bits per heavy atom. The number of aryl methyl sites for hydroxylation is 1. The molecule has 13 heteroatoms. The van der Waals surface area contributed by atoms with Crippen LogP contribution in [0.2, 0.25) is 0 Å². The Kier molecular flexibility index (Phi) is 9.06. The predicted molar refractivity (Wildman–Crippen MR) is 143 cm³/mol. The number of rotatable bonds is 8. The average molecular weight is 574 g/mol.